The summed E-state index contributed by atoms with van der Waals surface area (Å²) in [6.07, 6.45) is 6.08. The van der Waals surface area contributed by atoms with Gasteiger partial charge in [0, 0.05) is 17.0 Å². The number of benzene rings is 1. The monoisotopic (exact) mass is 312 g/mol. The fourth-order valence-electron chi connectivity index (χ4n) is 4.21. The molecule has 0 spiro atoms. The number of nitrogens with one attached hydrogen (secondary N) is 2. The molecule has 2 fully saturated rings. The molecule has 1 aromatic carbocycles. The molecule has 1 aromatic heterocycles. The fraction of sp³-hybridized carbons (Fsp3) is 0.526. The number of carbonyl (C=O) groups excluding carboxylic acids is 1. The van der Waals surface area contributed by atoms with Gasteiger partial charge in [-0.05, 0) is 38.2 Å². The maximum absolute atomic E-state index is 12.5. The molecule has 2 N–H and O–H groups in total. The molecule has 3 unspecified atom stereocenters. The van der Waals surface area contributed by atoms with E-state index in [-0.39, 0.29) is 11.9 Å². The number of rotatable bonds is 3. The molecule has 1 aliphatic carbocycles. The summed E-state index contributed by atoms with van der Waals surface area (Å²) in [6.45, 7) is 2.52. The lowest BCUT2D eigenvalue weighted by Gasteiger charge is -2.24. The lowest BCUT2D eigenvalue weighted by atomic mass is 9.85. The minimum Gasteiger partial charge on any atom is -0.459 e. The van der Waals surface area contributed by atoms with Crippen LogP contribution in [0.2, 0.25) is 0 Å². The Balaban J connectivity index is 1.40. The minimum absolute atomic E-state index is 0.0345. The van der Waals surface area contributed by atoms with E-state index in [1.807, 2.05) is 18.2 Å². The third kappa shape index (κ3) is 2.76. The van der Waals surface area contributed by atoms with Gasteiger partial charge >= 0.3 is 0 Å². The van der Waals surface area contributed by atoms with Crippen molar-refractivity contribution in [2.45, 2.75) is 57.7 Å². The van der Waals surface area contributed by atoms with Crippen molar-refractivity contribution >= 4 is 16.9 Å². The fourth-order valence-corrected chi connectivity index (χ4v) is 4.21. The Morgan fingerprint density at radius 1 is 1.30 bits per heavy atom. The van der Waals surface area contributed by atoms with Crippen LogP contribution in [-0.4, -0.2) is 18.0 Å². The Kier molecular flexibility index (Phi) is 3.85. The molecule has 23 heavy (non-hydrogen) atoms. The van der Waals surface area contributed by atoms with E-state index in [0.29, 0.717) is 18.5 Å². The molecule has 0 bridgehead atoms. The normalized spacial score (nSPS) is 27.1. The van der Waals surface area contributed by atoms with Crippen LogP contribution in [0, 0.1) is 12.8 Å². The summed E-state index contributed by atoms with van der Waals surface area (Å²) in [5.41, 5.74) is 2.01. The van der Waals surface area contributed by atoms with Gasteiger partial charge in [-0.2, -0.15) is 0 Å². The van der Waals surface area contributed by atoms with Crippen molar-refractivity contribution in [1.29, 1.82) is 0 Å². The summed E-state index contributed by atoms with van der Waals surface area (Å²) in [6, 6.07) is 8.52. The number of fused-ring (bicyclic) bond motifs is 2. The van der Waals surface area contributed by atoms with Gasteiger partial charge < -0.3 is 15.1 Å². The summed E-state index contributed by atoms with van der Waals surface area (Å²) in [5, 5.41) is 7.71. The van der Waals surface area contributed by atoms with E-state index in [2.05, 4.69) is 23.6 Å². The number of para-hydroxylation sites is 1. The second-order valence-corrected chi connectivity index (χ2v) is 6.97. The zero-order chi connectivity index (χ0) is 15.8. The maximum Gasteiger partial charge on any atom is 0.237 e. The molecule has 2 heterocycles. The van der Waals surface area contributed by atoms with Crippen molar-refractivity contribution in [2.75, 3.05) is 0 Å². The SMILES string of the molecule is Cc1c(CNC(=O)C2CC3CCCCC3N2)oc2ccccc12. The van der Waals surface area contributed by atoms with E-state index < -0.39 is 0 Å². The average molecular weight is 312 g/mol. The van der Waals surface area contributed by atoms with Crippen LogP contribution in [0.3, 0.4) is 0 Å². The van der Waals surface area contributed by atoms with Crippen LogP contribution in [-0.2, 0) is 11.3 Å². The van der Waals surface area contributed by atoms with Crippen molar-refractivity contribution in [3.05, 3.63) is 35.6 Å². The molecule has 1 amide bonds. The molecule has 2 aliphatic rings. The quantitative estimate of drug-likeness (QED) is 0.914. The Morgan fingerprint density at radius 2 is 2.13 bits per heavy atom. The van der Waals surface area contributed by atoms with Gasteiger partial charge in [0.1, 0.15) is 11.3 Å². The smallest absolute Gasteiger partial charge is 0.237 e. The van der Waals surface area contributed by atoms with Gasteiger partial charge in [-0.15, -0.1) is 0 Å². The van der Waals surface area contributed by atoms with E-state index in [1.165, 1.54) is 25.7 Å². The topological polar surface area (TPSA) is 54.3 Å². The minimum atomic E-state index is -0.0345. The Labute approximate surface area is 136 Å². The van der Waals surface area contributed by atoms with Gasteiger partial charge in [0.15, 0.2) is 0 Å². The second-order valence-electron chi connectivity index (χ2n) is 6.97. The Morgan fingerprint density at radius 3 is 2.96 bits per heavy atom. The van der Waals surface area contributed by atoms with Crippen LogP contribution in [0.4, 0.5) is 0 Å². The molecular formula is C19H24N2O2. The van der Waals surface area contributed by atoms with Gasteiger partial charge in [0.05, 0.1) is 12.6 Å². The van der Waals surface area contributed by atoms with Gasteiger partial charge in [-0.3, -0.25) is 4.79 Å². The first-order valence-corrected chi connectivity index (χ1v) is 8.73. The van der Waals surface area contributed by atoms with Crippen LogP contribution in [0.25, 0.3) is 11.0 Å². The van der Waals surface area contributed by atoms with Crippen LogP contribution >= 0.6 is 0 Å². The van der Waals surface area contributed by atoms with Crippen LogP contribution in [0.15, 0.2) is 28.7 Å². The summed E-state index contributed by atoms with van der Waals surface area (Å²) in [5.74, 6) is 1.65. The lowest BCUT2D eigenvalue weighted by molar-refractivity contribution is -0.123. The average Bonchev–Trinajstić information content (AvgIpc) is 3.15. The van der Waals surface area contributed by atoms with Crippen molar-refractivity contribution < 1.29 is 9.21 Å². The molecule has 4 rings (SSSR count). The highest BCUT2D eigenvalue weighted by atomic mass is 16.3. The molecule has 4 heteroatoms. The molecule has 4 nitrogen and oxygen atoms in total. The standard InChI is InChI=1S/C19H24N2O2/c1-12-14-7-3-5-9-17(14)23-18(12)11-20-19(22)16-10-13-6-2-4-8-15(13)21-16/h3,5,7,9,13,15-16,21H,2,4,6,8,10-11H2,1H3,(H,20,22). The predicted molar refractivity (Wildman–Crippen MR) is 90.1 cm³/mol. The number of amides is 1. The first kappa shape index (κ1) is 14.8. The van der Waals surface area contributed by atoms with Crippen LogP contribution < -0.4 is 10.6 Å². The van der Waals surface area contributed by atoms with Gasteiger partial charge in [0.25, 0.3) is 0 Å². The maximum atomic E-state index is 12.5. The lowest BCUT2D eigenvalue weighted by Crippen LogP contribution is -2.42. The number of carbonyl (C=O) groups is 1. The Hall–Kier alpha value is -1.81. The zero-order valence-corrected chi connectivity index (χ0v) is 13.6. The number of furan rings is 1. The number of hydrogen-bond donors (Lipinski definition) is 2. The van der Waals surface area contributed by atoms with Crippen LogP contribution in [0.5, 0.6) is 0 Å². The second kappa shape index (κ2) is 6.00. The highest BCUT2D eigenvalue weighted by Gasteiger charge is 2.38. The first-order chi connectivity index (χ1) is 11.2. The summed E-state index contributed by atoms with van der Waals surface area (Å²) >= 11 is 0. The van der Waals surface area contributed by atoms with E-state index in [1.54, 1.807) is 0 Å². The molecule has 122 valence electrons. The molecule has 1 saturated heterocycles. The van der Waals surface area contributed by atoms with Crippen molar-refractivity contribution in [3.63, 3.8) is 0 Å². The largest absolute Gasteiger partial charge is 0.459 e. The van der Waals surface area contributed by atoms with Gasteiger partial charge in [0.2, 0.25) is 5.91 Å². The molecule has 1 aliphatic heterocycles. The van der Waals surface area contributed by atoms with Crippen molar-refractivity contribution in [2.24, 2.45) is 5.92 Å². The number of hydrogen-bond acceptors (Lipinski definition) is 3. The third-order valence-corrected chi connectivity index (χ3v) is 5.54. The summed E-state index contributed by atoms with van der Waals surface area (Å²) in [4.78, 5) is 12.5. The Bertz CT molecular complexity index is 707. The van der Waals surface area contributed by atoms with Crippen LogP contribution in [0.1, 0.15) is 43.4 Å². The first-order valence-electron chi connectivity index (χ1n) is 8.73. The zero-order valence-electron chi connectivity index (χ0n) is 13.6. The van der Waals surface area contributed by atoms with E-state index in [9.17, 15) is 4.79 Å². The van der Waals surface area contributed by atoms with E-state index >= 15 is 0 Å². The molecule has 1 saturated carbocycles. The number of aryl methyl sites for hydroxylation is 1. The highest BCUT2D eigenvalue weighted by molar-refractivity contribution is 5.83. The van der Waals surface area contributed by atoms with Crippen molar-refractivity contribution in [3.8, 4) is 0 Å². The summed E-state index contributed by atoms with van der Waals surface area (Å²) < 4.78 is 5.87. The van der Waals surface area contributed by atoms with Gasteiger partial charge in [-0.25, -0.2) is 0 Å². The summed E-state index contributed by atoms with van der Waals surface area (Å²) in [7, 11) is 0. The molecule has 2 aromatic rings. The third-order valence-electron chi connectivity index (χ3n) is 5.54. The highest BCUT2D eigenvalue weighted by Crippen LogP contribution is 2.33. The van der Waals surface area contributed by atoms with E-state index in [0.717, 1.165) is 28.7 Å². The van der Waals surface area contributed by atoms with Gasteiger partial charge in [-0.1, -0.05) is 31.0 Å². The predicted octanol–water partition coefficient (Wildman–Crippen LogP) is 3.28. The van der Waals surface area contributed by atoms with Crippen molar-refractivity contribution in [1.82, 2.24) is 10.6 Å². The molecule has 3 atom stereocenters. The molecule has 0 radical (unpaired) electrons. The molecular weight excluding hydrogens is 288 g/mol. The van der Waals surface area contributed by atoms with E-state index in [4.69, 9.17) is 4.42 Å².